The summed E-state index contributed by atoms with van der Waals surface area (Å²) in [4.78, 5) is 49.3. The zero-order chi connectivity index (χ0) is 20.9. The Morgan fingerprint density at radius 3 is 2.10 bits per heavy atom. The summed E-state index contributed by atoms with van der Waals surface area (Å²) in [5, 5.41) is 3.30. The van der Waals surface area contributed by atoms with E-state index in [1.807, 2.05) is 0 Å². The van der Waals surface area contributed by atoms with Crippen molar-refractivity contribution < 1.29 is 23.9 Å². The Labute approximate surface area is 167 Å². The Bertz CT molecular complexity index is 917. The highest BCUT2D eigenvalue weighted by Crippen LogP contribution is 2.35. The molecule has 2 aromatic carbocycles. The van der Waals surface area contributed by atoms with Crippen LogP contribution in [0.3, 0.4) is 0 Å². The van der Waals surface area contributed by atoms with Crippen LogP contribution < -0.4 is 10.7 Å². The quantitative estimate of drug-likeness (QED) is 0.441. The van der Waals surface area contributed by atoms with Gasteiger partial charge in [-0.1, -0.05) is 66.7 Å². The minimum atomic E-state index is -1.49. The van der Waals surface area contributed by atoms with E-state index < -0.39 is 36.0 Å². The number of urea groups is 1. The Kier molecular flexibility index (Phi) is 5.73. The van der Waals surface area contributed by atoms with Crippen molar-refractivity contribution in [3.05, 3.63) is 83.9 Å². The van der Waals surface area contributed by atoms with Crippen LogP contribution in [-0.2, 0) is 24.7 Å². The fourth-order valence-corrected chi connectivity index (χ4v) is 3.04. The molecule has 0 radical (unpaired) electrons. The molecule has 2 aromatic rings. The van der Waals surface area contributed by atoms with E-state index in [0.717, 1.165) is 6.08 Å². The molecule has 1 saturated heterocycles. The maximum atomic E-state index is 13.3. The van der Waals surface area contributed by atoms with Crippen molar-refractivity contribution in [3.8, 4) is 0 Å². The molecular weight excluding hydrogens is 374 g/mol. The number of allylic oxidation sites excluding steroid dienone is 1. The molecule has 1 aliphatic rings. The van der Waals surface area contributed by atoms with Crippen LogP contribution in [-0.4, -0.2) is 35.4 Å². The Balaban J connectivity index is 1.88. The molecule has 0 bridgehead atoms. The van der Waals surface area contributed by atoms with E-state index in [-0.39, 0.29) is 0 Å². The number of nitrogens with zero attached hydrogens (tertiary/aromatic N) is 1. The van der Waals surface area contributed by atoms with Crippen molar-refractivity contribution in [2.45, 2.75) is 12.5 Å². The minimum Gasteiger partial charge on any atom is -0.452 e. The van der Waals surface area contributed by atoms with Crippen LogP contribution in [0.1, 0.15) is 18.1 Å². The molecule has 0 aromatic heterocycles. The summed E-state index contributed by atoms with van der Waals surface area (Å²) in [5.74, 6) is -2.20. The SMILES string of the molecule is C/C=C/C(=O)OCC(=O)NN1C(=O)NC(c2ccccc2)(c2ccccc2)C1=O. The summed E-state index contributed by atoms with van der Waals surface area (Å²) < 4.78 is 4.74. The molecule has 1 heterocycles. The van der Waals surface area contributed by atoms with Gasteiger partial charge in [-0.25, -0.2) is 9.59 Å². The van der Waals surface area contributed by atoms with Gasteiger partial charge in [0.05, 0.1) is 0 Å². The van der Waals surface area contributed by atoms with E-state index in [1.165, 1.54) is 6.08 Å². The zero-order valence-corrected chi connectivity index (χ0v) is 15.6. The second-order valence-corrected chi connectivity index (χ2v) is 6.20. The van der Waals surface area contributed by atoms with Crippen molar-refractivity contribution in [2.75, 3.05) is 6.61 Å². The summed E-state index contributed by atoms with van der Waals surface area (Å²) >= 11 is 0. The number of hydrogen-bond acceptors (Lipinski definition) is 5. The van der Waals surface area contributed by atoms with E-state index in [4.69, 9.17) is 4.74 Å². The first-order chi connectivity index (χ1) is 14.0. The molecule has 1 aliphatic heterocycles. The maximum absolute atomic E-state index is 13.3. The van der Waals surface area contributed by atoms with Gasteiger partial charge in [0, 0.05) is 6.08 Å². The third-order valence-electron chi connectivity index (χ3n) is 4.32. The van der Waals surface area contributed by atoms with Crippen molar-refractivity contribution in [1.82, 2.24) is 15.8 Å². The zero-order valence-electron chi connectivity index (χ0n) is 15.6. The van der Waals surface area contributed by atoms with Crippen LogP contribution in [0.4, 0.5) is 4.79 Å². The van der Waals surface area contributed by atoms with Crippen LogP contribution in [0, 0.1) is 0 Å². The van der Waals surface area contributed by atoms with Crippen LogP contribution in [0.2, 0.25) is 0 Å². The molecule has 8 heteroatoms. The first kappa shape index (κ1) is 19.8. The monoisotopic (exact) mass is 393 g/mol. The highest BCUT2D eigenvalue weighted by Gasteiger charge is 2.54. The van der Waals surface area contributed by atoms with Gasteiger partial charge in [0.15, 0.2) is 12.1 Å². The van der Waals surface area contributed by atoms with Crippen molar-refractivity contribution in [2.24, 2.45) is 0 Å². The number of carbonyl (C=O) groups excluding carboxylic acids is 4. The topological polar surface area (TPSA) is 105 Å². The molecule has 2 N–H and O–H groups in total. The highest BCUT2D eigenvalue weighted by molar-refractivity contribution is 6.10. The molecule has 0 saturated carbocycles. The Hall–Kier alpha value is -3.94. The summed E-state index contributed by atoms with van der Waals surface area (Å²) in [6.07, 6.45) is 2.61. The van der Waals surface area contributed by atoms with E-state index in [9.17, 15) is 19.2 Å². The normalized spacial score (nSPS) is 15.3. The number of imide groups is 1. The molecule has 0 aliphatic carbocycles. The van der Waals surface area contributed by atoms with E-state index in [2.05, 4.69) is 10.7 Å². The predicted molar refractivity (Wildman–Crippen MR) is 103 cm³/mol. The number of hydrazine groups is 1. The van der Waals surface area contributed by atoms with Gasteiger partial charge in [0.25, 0.3) is 11.8 Å². The van der Waals surface area contributed by atoms with E-state index in [0.29, 0.717) is 16.1 Å². The lowest BCUT2D eigenvalue weighted by atomic mass is 9.83. The number of benzene rings is 2. The van der Waals surface area contributed by atoms with Gasteiger partial charge in [-0.3, -0.25) is 15.0 Å². The van der Waals surface area contributed by atoms with Crippen molar-refractivity contribution in [1.29, 1.82) is 0 Å². The lowest BCUT2D eigenvalue weighted by Crippen LogP contribution is -2.50. The van der Waals surface area contributed by atoms with Gasteiger partial charge in [0.2, 0.25) is 0 Å². The third-order valence-corrected chi connectivity index (χ3v) is 4.32. The Morgan fingerprint density at radius 1 is 1.03 bits per heavy atom. The van der Waals surface area contributed by atoms with Gasteiger partial charge >= 0.3 is 12.0 Å². The fraction of sp³-hybridized carbons (Fsp3) is 0.143. The fourth-order valence-electron chi connectivity index (χ4n) is 3.04. The maximum Gasteiger partial charge on any atom is 0.344 e. The van der Waals surface area contributed by atoms with Gasteiger partial charge < -0.3 is 10.1 Å². The average molecular weight is 393 g/mol. The molecule has 0 spiro atoms. The van der Waals surface area contributed by atoms with Crippen LogP contribution in [0.25, 0.3) is 0 Å². The molecule has 0 atom stereocenters. The molecule has 4 amide bonds. The summed E-state index contributed by atoms with van der Waals surface area (Å²) in [5.41, 5.74) is 1.79. The minimum absolute atomic E-state index is 0.542. The smallest absolute Gasteiger partial charge is 0.344 e. The molecule has 1 fully saturated rings. The molecule has 3 rings (SSSR count). The van der Waals surface area contributed by atoms with Crippen LogP contribution >= 0.6 is 0 Å². The van der Waals surface area contributed by atoms with Gasteiger partial charge in [0.1, 0.15) is 0 Å². The number of esters is 1. The molecular formula is C21H19N3O5. The number of amides is 4. The van der Waals surface area contributed by atoms with Gasteiger partial charge in [-0.15, -0.1) is 0 Å². The Morgan fingerprint density at radius 2 is 1.59 bits per heavy atom. The third kappa shape index (κ3) is 3.86. The number of hydrogen-bond donors (Lipinski definition) is 2. The molecule has 148 valence electrons. The number of ether oxygens (including phenoxy) is 1. The summed E-state index contributed by atoms with van der Waals surface area (Å²) in [7, 11) is 0. The summed E-state index contributed by atoms with van der Waals surface area (Å²) in [6, 6.07) is 16.7. The van der Waals surface area contributed by atoms with Crippen LogP contribution in [0.15, 0.2) is 72.8 Å². The molecule has 0 unspecified atom stereocenters. The average Bonchev–Trinajstić information content (AvgIpc) is 2.99. The predicted octanol–water partition coefficient (Wildman–Crippen LogP) is 1.63. The second-order valence-electron chi connectivity index (χ2n) is 6.20. The number of rotatable bonds is 6. The van der Waals surface area contributed by atoms with Gasteiger partial charge in [-0.2, -0.15) is 5.01 Å². The van der Waals surface area contributed by atoms with E-state index >= 15 is 0 Å². The van der Waals surface area contributed by atoms with Gasteiger partial charge in [-0.05, 0) is 18.1 Å². The molecule has 29 heavy (non-hydrogen) atoms. The number of carbonyl (C=O) groups is 4. The standard InChI is InChI=1S/C21H19N3O5/c1-2-9-18(26)29-14-17(25)23-24-19(27)21(22-20(24)28,15-10-5-3-6-11-15)16-12-7-4-8-13-16/h2-13H,14H2,1H3,(H,22,28)(H,23,25)/b9-2+. The van der Waals surface area contributed by atoms with Crippen LogP contribution in [0.5, 0.6) is 0 Å². The van der Waals surface area contributed by atoms with E-state index in [1.54, 1.807) is 67.6 Å². The number of nitrogens with one attached hydrogen (secondary N) is 2. The first-order valence-electron chi connectivity index (χ1n) is 8.85. The lowest BCUT2D eigenvalue weighted by Gasteiger charge is -2.27. The lowest BCUT2D eigenvalue weighted by molar-refractivity contribution is -0.147. The largest absolute Gasteiger partial charge is 0.452 e. The van der Waals surface area contributed by atoms with Crippen molar-refractivity contribution in [3.63, 3.8) is 0 Å². The van der Waals surface area contributed by atoms with Crippen molar-refractivity contribution >= 4 is 23.8 Å². The second kappa shape index (κ2) is 8.39. The molecule has 8 nitrogen and oxygen atoms in total. The first-order valence-corrected chi connectivity index (χ1v) is 8.85. The highest BCUT2D eigenvalue weighted by atomic mass is 16.5. The summed E-state index contributed by atoms with van der Waals surface area (Å²) in [6.45, 7) is 0.991.